The molecule has 3 aromatic rings. The number of likely N-dealkylation sites (tertiary alicyclic amines) is 1. The molecule has 240 valence electrons. The highest BCUT2D eigenvalue weighted by Gasteiger charge is 2.48. The number of aromatic nitrogens is 4. The molecule has 4 aliphatic heterocycles. The Hall–Kier alpha value is -3.69. The van der Waals surface area contributed by atoms with Gasteiger partial charge in [0, 0.05) is 43.7 Å². The van der Waals surface area contributed by atoms with Crippen molar-refractivity contribution in [3.8, 4) is 6.01 Å². The molecule has 0 saturated carbocycles. The van der Waals surface area contributed by atoms with Crippen LogP contribution in [0.15, 0.2) is 12.1 Å². The number of benzene rings is 1. The lowest BCUT2D eigenvalue weighted by Crippen LogP contribution is -2.68. The Balaban J connectivity index is 1.18. The highest BCUT2D eigenvalue weighted by Crippen LogP contribution is 2.43. The van der Waals surface area contributed by atoms with Gasteiger partial charge in [-0.05, 0) is 37.9 Å². The quantitative estimate of drug-likeness (QED) is 0.320. The second-order valence-corrected chi connectivity index (χ2v) is 12.3. The van der Waals surface area contributed by atoms with Gasteiger partial charge < -0.3 is 30.3 Å². The van der Waals surface area contributed by atoms with Crippen molar-refractivity contribution in [2.45, 2.75) is 63.2 Å². The van der Waals surface area contributed by atoms with Crippen molar-refractivity contribution in [2.24, 2.45) is 0 Å². The van der Waals surface area contributed by atoms with Gasteiger partial charge in [-0.3, -0.25) is 9.48 Å². The van der Waals surface area contributed by atoms with Gasteiger partial charge in [0.05, 0.1) is 59.6 Å². The maximum Gasteiger partial charge on any atom is 0.416 e. The molecule has 1 aromatic carbocycles. The monoisotopic (exact) mass is 650 g/mol. The number of nitrogens with zero attached hydrogens (tertiary/aromatic N) is 6. The number of hydrogen-bond donors (Lipinski definition) is 2. The number of rotatable bonds is 4. The Morgan fingerprint density at radius 1 is 1.22 bits per heavy atom. The molecule has 1 amide bonds. The molecule has 45 heavy (non-hydrogen) atoms. The first-order chi connectivity index (χ1) is 21.5. The summed E-state index contributed by atoms with van der Waals surface area (Å²) in [4.78, 5) is 26.1. The topological polar surface area (TPSA) is 124 Å². The van der Waals surface area contributed by atoms with E-state index in [-0.39, 0.29) is 47.7 Å². The standard InChI is InChI=1S/C29H31ClF4N8O3/c1-44-27-37-18-10-20(21-16(29(32,33)34)4-5-17(35)23(21)31)45-12-15(18)25(38-27)40-8-3-9-42-19(11-40)22(30)24(39-42)26(43)41-13-28(14-41)6-2-7-36-28/h4-5,20,36H,2-3,6-14,35H2,1H3. The number of nitrogens with two attached hydrogens (primary N) is 1. The Kier molecular flexibility index (Phi) is 7.32. The van der Waals surface area contributed by atoms with E-state index >= 15 is 4.39 Å². The minimum atomic E-state index is -4.82. The molecule has 6 heterocycles. The third-order valence-corrected chi connectivity index (χ3v) is 9.52. The first-order valence-electron chi connectivity index (χ1n) is 14.7. The first-order valence-corrected chi connectivity index (χ1v) is 15.1. The maximum absolute atomic E-state index is 15.1. The largest absolute Gasteiger partial charge is 0.467 e. The summed E-state index contributed by atoms with van der Waals surface area (Å²) in [5, 5.41) is 8.36. The molecule has 7 rings (SSSR count). The van der Waals surface area contributed by atoms with E-state index in [4.69, 9.17) is 26.8 Å². The molecule has 2 fully saturated rings. The van der Waals surface area contributed by atoms with Gasteiger partial charge in [0.25, 0.3) is 5.91 Å². The fourth-order valence-electron chi connectivity index (χ4n) is 6.86. The predicted molar refractivity (Wildman–Crippen MR) is 154 cm³/mol. The summed E-state index contributed by atoms with van der Waals surface area (Å²) in [6.07, 6.45) is -3.51. The molecule has 3 N–H and O–H groups in total. The van der Waals surface area contributed by atoms with Crippen LogP contribution in [0.2, 0.25) is 5.02 Å². The minimum absolute atomic E-state index is 0.000412. The molecule has 2 saturated heterocycles. The number of nitrogens with one attached hydrogen (secondary N) is 1. The summed E-state index contributed by atoms with van der Waals surface area (Å²) in [5.74, 6) is -0.929. The van der Waals surface area contributed by atoms with Crippen LogP contribution in [0, 0.1) is 5.82 Å². The predicted octanol–water partition coefficient (Wildman–Crippen LogP) is 3.88. The van der Waals surface area contributed by atoms with Crippen LogP contribution in [-0.4, -0.2) is 69.4 Å². The van der Waals surface area contributed by atoms with E-state index in [1.807, 2.05) is 4.90 Å². The molecule has 0 aliphatic carbocycles. The van der Waals surface area contributed by atoms with E-state index in [9.17, 15) is 18.0 Å². The molecule has 1 unspecified atom stereocenters. The lowest BCUT2D eigenvalue weighted by Gasteiger charge is -2.48. The van der Waals surface area contributed by atoms with Crippen LogP contribution in [0.4, 0.5) is 29.1 Å². The SMILES string of the molecule is COc1nc2c(c(N3CCCn4nc(C(=O)N5CC6(CCCN6)C5)c(Cl)c4C3)n1)COC(c1c(C(F)(F)F)ccc(N)c1F)C2. The van der Waals surface area contributed by atoms with Crippen LogP contribution in [0.1, 0.15) is 63.9 Å². The number of nitrogen functional groups attached to an aromatic ring is 1. The minimum Gasteiger partial charge on any atom is -0.467 e. The summed E-state index contributed by atoms with van der Waals surface area (Å²) >= 11 is 6.81. The zero-order chi connectivity index (χ0) is 31.7. The second-order valence-electron chi connectivity index (χ2n) is 12.0. The summed E-state index contributed by atoms with van der Waals surface area (Å²) in [7, 11) is 1.38. The molecular formula is C29H31ClF4N8O3. The second kappa shape index (κ2) is 11.0. The van der Waals surface area contributed by atoms with E-state index in [1.165, 1.54) is 7.11 Å². The average Bonchev–Trinajstić information content (AvgIpc) is 3.54. The molecule has 0 bridgehead atoms. The van der Waals surface area contributed by atoms with Crippen LogP contribution in [0.3, 0.4) is 0 Å². The maximum atomic E-state index is 15.1. The smallest absolute Gasteiger partial charge is 0.416 e. The van der Waals surface area contributed by atoms with Crippen LogP contribution in [-0.2, 0) is 37.0 Å². The number of halogens is 5. The summed E-state index contributed by atoms with van der Waals surface area (Å²) in [5.41, 5.74) is 5.18. The molecule has 2 aromatic heterocycles. The highest BCUT2D eigenvalue weighted by atomic mass is 35.5. The van der Waals surface area contributed by atoms with Crippen LogP contribution < -0.4 is 20.7 Å². The van der Waals surface area contributed by atoms with Gasteiger partial charge in [-0.2, -0.15) is 28.2 Å². The lowest BCUT2D eigenvalue weighted by molar-refractivity contribution is -0.140. The third kappa shape index (κ3) is 5.14. The van der Waals surface area contributed by atoms with Crippen molar-refractivity contribution < 1.29 is 31.8 Å². The summed E-state index contributed by atoms with van der Waals surface area (Å²) in [6, 6.07) is 1.65. The van der Waals surface area contributed by atoms with Crippen molar-refractivity contribution >= 4 is 29.0 Å². The Bertz CT molecular complexity index is 1670. The average molecular weight is 651 g/mol. The van der Waals surface area contributed by atoms with Crippen molar-refractivity contribution in [3.63, 3.8) is 0 Å². The first kappa shape index (κ1) is 30.0. The molecular weight excluding hydrogens is 620 g/mol. The Morgan fingerprint density at radius 3 is 2.73 bits per heavy atom. The zero-order valence-electron chi connectivity index (χ0n) is 24.4. The number of alkyl halides is 3. The number of ether oxygens (including phenoxy) is 2. The Labute approximate surface area is 260 Å². The van der Waals surface area contributed by atoms with Crippen LogP contribution in [0.25, 0.3) is 0 Å². The fraction of sp³-hybridized carbons (Fsp3) is 0.517. The van der Waals surface area contributed by atoms with Gasteiger partial charge in [-0.25, -0.2) is 4.39 Å². The molecule has 1 spiro atoms. The number of hydrogen-bond acceptors (Lipinski definition) is 9. The van der Waals surface area contributed by atoms with Crippen molar-refractivity contribution in [1.82, 2.24) is 30.0 Å². The molecule has 16 heteroatoms. The van der Waals surface area contributed by atoms with Gasteiger partial charge in [0.1, 0.15) is 5.82 Å². The van der Waals surface area contributed by atoms with Gasteiger partial charge >= 0.3 is 12.2 Å². The van der Waals surface area contributed by atoms with Crippen molar-refractivity contribution in [1.29, 1.82) is 0 Å². The van der Waals surface area contributed by atoms with E-state index in [0.29, 0.717) is 55.4 Å². The number of aryl methyl sites for hydroxylation is 1. The van der Waals surface area contributed by atoms with Crippen LogP contribution >= 0.6 is 11.6 Å². The van der Waals surface area contributed by atoms with Crippen LogP contribution in [0.5, 0.6) is 6.01 Å². The van der Waals surface area contributed by atoms with Gasteiger partial charge in [-0.1, -0.05) is 11.6 Å². The van der Waals surface area contributed by atoms with Crippen molar-refractivity contribution in [3.05, 3.63) is 56.7 Å². The number of carbonyl (C=O) groups excluding carboxylic acids is 1. The number of fused-ring (bicyclic) bond motifs is 2. The third-order valence-electron chi connectivity index (χ3n) is 9.12. The van der Waals surface area contributed by atoms with Gasteiger partial charge in [-0.15, -0.1) is 0 Å². The zero-order valence-corrected chi connectivity index (χ0v) is 25.1. The molecule has 1 atom stereocenters. The molecule has 11 nitrogen and oxygen atoms in total. The summed E-state index contributed by atoms with van der Waals surface area (Å²) < 4.78 is 69.6. The van der Waals surface area contributed by atoms with Gasteiger partial charge in [0.15, 0.2) is 11.5 Å². The molecule has 4 aliphatic rings. The lowest BCUT2D eigenvalue weighted by atomic mass is 9.88. The fourth-order valence-corrected chi connectivity index (χ4v) is 7.13. The van der Waals surface area contributed by atoms with Gasteiger partial charge in [0.2, 0.25) is 0 Å². The number of carbonyl (C=O) groups is 1. The van der Waals surface area contributed by atoms with Crippen molar-refractivity contribution in [2.75, 3.05) is 43.9 Å². The van der Waals surface area contributed by atoms with E-state index in [0.717, 1.165) is 31.5 Å². The van der Waals surface area contributed by atoms with E-state index < -0.39 is 34.9 Å². The number of amides is 1. The van der Waals surface area contributed by atoms with E-state index in [1.54, 1.807) is 9.58 Å². The number of anilines is 2. The normalized spacial score (nSPS) is 20.9. The van der Waals surface area contributed by atoms with E-state index in [2.05, 4.69) is 20.4 Å². The molecule has 0 radical (unpaired) electrons. The Morgan fingerprint density at radius 2 is 2.02 bits per heavy atom. The number of methoxy groups -OCH3 is 1. The highest BCUT2D eigenvalue weighted by molar-refractivity contribution is 6.34. The summed E-state index contributed by atoms with van der Waals surface area (Å²) in [6.45, 7) is 3.31.